The van der Waals surface area contributed by atoms with Gasteiger partial charge in [-0.2, -0.15) is 13.2 Å². The van der Waals surface area contributed by atoms with Crippen molar-refractivity contribution in [3.8, 4) is 0 Å². The number of aliphatic hydroxyl groups is 1. The Bertz CT molecular complexity index is 916. The van der Waals surface area contributed by atoms with Crippen molar-refractivity contribution in [3.05, 3.63) is 75.3 Å². The third-order valence-electron chi connectivity index (χ3n) is 4.07. The first kappa shape index (κ1) is 21.8. The van der Waals surface area contributed by atoms with Crippen molar-refractivity contribution in [2.75, 3.05) is 0 Å². The standard InChI is InChI=1S/C18H16F3N3O5/c19-18(20,21)12-7-5-10(6-8-12)15(25)17(27)23-13(16(22)26)9-11-3-1-2-4-14(11)24(28)29/h1-8,13,15,25H,9H2,(H2,22,26)(H,23,27)/t13-,15-/m0/s1. The number of carbonyl (C=O) groups excluding carboxylic acids is 2. The maximum Gasteiger partial charge on any atom is 0.416 e. The first-order chi connectivity index (χ1) is 13.5. The van der Waals surface area contributed by atoms with E-state index in [2.05, 4.69) is 5.32 Å². The second-order valence-electron chi connectivity index (χ2n) is 6.08. The fourth-order valence-electron chi connectivity index (χ4n) is 2.56. The number of rotatable bonds is 7. The highest BCUT2D eigenvalue weighted by Gasteiger charge is 2.31. The number of nitrogens with zero attached hydrogens (tertiary/aromatic N) is 1. The average Bonchev–Trinajstić information content (AvgIpc) is 2.66. The number of aliphatic hydroxyl groups excluding tert-OH is 1. The number of alkyl halides is 3. The number of primary amides is 1. The summed E-state index contributed by atoms with van der Waals surface area (Å²) in [5, 5.41) is 23.3. The van der Waals surface area contributed by atoms with Crippen LogP contribution in [0.1, 0.15) is 22.8 Å². The highest BCUT2D eigenvalue weighted by atomic mass is 19.4. The number of nitrogens with two attached hydrogens (primary N) is 1. The molecule has 8 nitrogen and oxygen atoms in total. The van der Waals surface area contributed by atoms with Gasteiger partial charge < -0.3 is 16.2 Å². The second kappa shape index (κ2) is 8.69. The van der Waals surface area contributed by atoms with Gasteiger partial charge in [-0.1, -0.05) is 30.3 Å². The number of halogens is 3. The number of hydrogen-bond donors (Lipinski definition) is 3. The molecule has 0 spiro atoms. The summed E-state index contributed by atoms with van der Waals surface area (Å²) < 4.78 is 37.8. The van der Waals surface area contributed by atoms with Crippen molar-refractivity contribution < 1.29 is 32.8 Å². The minimum absolute atomic E-state index is 0.130. The number of carbonyl (C=O) groups is 2. The van der Waals surface area contributed by atoms with Gasteiger partial charge in [-0.25, -0.2) is 0 Å². The molecule has 154 valence electrons. The lowest BCUT2D eigenvalue weighted by Gasteiger charge is -2.18. The molecule has 11 heteroatoms. The van der Waals surface area contributed by atoms with E-state index in [9.17, 15) is 38.0 Å². The monoisotopic (exact) mass is 411 g/mol. The first-order valence-corrected chi connectivity index (χ1v) is 8.18. The Morgan fingerprint density at radius 2 is 1.72 bits per heavy atom. The van der Waals surface area contributed by atoms with E-state index in [1.54, 1.807) is 0 Å². The van der Waals surface area contributed by atoms with Crippen LogP contribution in [0.15, 0.2) is 48.5 Å². The van der Waals surface area contributed by atoms with Gasteiger partial charge in [0.05, 0.1) is 10.5 Å². The van der Waals surface area contributed by atoms with Crippen molar-refractivity contribution >= 4 is 17.5 Å². The first-order valence-electron chi connectivity index (χ1n) is 8.18. The molecule has 0 radical (unpaired) electrons. The highest BCUT2D eigenvalue weighted by molar-refractivity contribution is 5.89. The number of nitrogens with one attached hydrogen (secondary N) is 1. The number of hydrogen-bond acceptors (Lipinski definition) is 5. The van der Waals surface area contributed by atoms with Gasteiger partial charge in [0, 0.05) is 18.1 Å². The van der Waals surface area contributed by atoms with Crippen LogP contribution in [0.3, 0.4) is 0 Å². The van der Waals surface area contributed by atoms with Gasteiger partial charge in [-0.15, -0.1) is 0 Å². The Kier molecular flexibility index (Phi) is 6.54. The van der Waals surface area contributed by atoms with Crippen molar-refractivity contribution in [3.63, 3.8) is 0 Å². The number of nitro benzene ring substituents is 1. The summed E-state index contributed by atoms with van der Waals surface area (Å²) in [6, 6.07) is 7.39. The lowest BCUT2D eigenvalue weighted by atomic mass is 10.0. The zero-order valence-electron chi connectivity index (χ0n) is 14.7. The maximum atomic E-state index is 12.6. The molecule has 2 aromatic carbocycles. The zero-order valence-corrected chi connectivity index (χ0v) is 14.7. The molecular formula is C18H16F3N3O5. The van der Waals surface area contributed by atoms with E-state index in [4.69, 9.17) is 5.73 Å². The second-order valence-corrected chi connectivity index (χ2v) is 6.08. The fourth-order valence-corrected chi connectivity index (χ4v) is 2.56. The topological polar surface area (TPSA) is 136 Å². The zero-order chi connectivity index (χ0) is 21.8. The third-order valence-corrected chi connectivity index (χ3v) is 4.07. The van der Waals surface area contributed by atoms with Crippen LogP contribution in [0.2, 0.25) is 0 Å². The Morgan fingerprint density at radius 1 is 1.14 bits per heavy atom. The third kappa shape index (κ3) is 5.51. The van der Waals surface area contributed by atoms with Crippen molar-refractivity contribution in [1.82, 2.24) is 5.32 Å². The van der Waals surface area contributed by atoms with Gasteiger partial charge in [0.25, 0.3) is 11.6 Å². The van der Waals surface area contributed by atoms with Gasteiger partial charge in [-0.05, 0) is 17.7 Å². The summed E-state index contributed by atoms with van der Waals surface area (Å²) in [7, 11) is 0. The predicted octanol–water partition coefficient (Wildman–Crippen LogP) is 1.86. The SMILES string of the molecule is NC(=O)[C@H](Cc1ccccc1[N+](=O)[O-])NC(=O)[C@@H](O)c1ccc(C(F)(F)F)cc1. The molecule has 0 saturated heterocycles. The molecule has 0 heterocycles. The molecule has 0 aromatic heterocycles. The van der Waals surface area contributed by atoms with Crippen LogP contribution in [-0.2, 0) is 22.2 Å². The van der Waals surface area contributed by atoms with Crippen LogP contribution in [0, 0.1) is 10.1 Å². The van der Waals surface area contributed by atoms with Crippen LogP contribution in [0.4, 0.5) is 18.9 Å². The number of amides is 2. The van der Waals surface area contributed by atoms with Gasteiger partial charge >= 0.3 is 6.18 Å². The molecule has 0 aliphatic rings. The Morgan fingerprint density at radius 3 is 2.24 bits per heavy atom. The highest BCUT2D eigenvalue weighted by Crippen LogP contribution is 2.30. The van der Waals surface area contributed by atoms with Gasteiger partial charge in [0.2, 0.25) is 5.91 Å². The number of nitro groups is 1. The smallest absolute Gasteiger partial charge is 0.378 e. The van der Waals surface area contributed by atoms with Crippen LogP contribution < -0.4 is 11.1 Å². The molecule has 0 aliphatic heterocycles. The molecule has 2 amide bonds. The molecule has 0 unspecified atom stereocenters. The molecule has 2 aromatic rings. The molecule has 0 fully saturated rings. The largest absolute Gasteiger partial charge is 0.416 e. The van der Waals surface area contributed by atoms with E-state index in [1.807, 2.05) is 0 Å². The van der Waals surface area contributed by atoms with E-state index in [0.717, 1.165) is 12.1 Å². The molecule has 0 aliphatic carbocycles. The summed E-state index contributed by atoms with van der Waals surface area (Å²) >= 11 is 0. The van der Waals surface area contributed by atoms with E-state index in [1.165, 1.54) is 24.3 Å². The lowest BCUT2D eigenvalue weighted by molar-refractivity contribution is -0.385. The summed E-state index contributed by atoms with van der Waals surface area (Å²) in [6.45, 7) is 0. The van der Waals surface area contributed by atoms with Crippen LogP contribution in [0.25, 0.3) is 0 Å². The van der Waals surface area contributed by atoms with Gasteiger partial charge in [0.1, 0.15) is 6.04 Å². The molecule has 4 N–H and O–H groups in total. The average molecular weight is 411 g/mol. The molecule has 2 rings (SSSR count). The number of benzene rings is 2. The van der Waals surface area contributed by atoms with E-state index < -0.39 is 40.6 Å². The Balaban J connectivity index is 2.15. The quantitative estimate of drug-likeness (QED) is 0.472. The fraction of sp³-hybridized carbons (Fsp3) is 0.222. The van der Waals surface area contributed by atoms with Crippen LogP contribution >= 0.6 is 0 Å². The molecule has 0 bridgehead atoms. The van der Waals surface area contributed by atoms with Crippen LogP contribution in [-0.4, -0.2) is 27.9 Å². The molecule has 0 saturated carbocycles. The maximum absolute atomic E-state index is 12.6. The Labute approximate surface area is 162 Å². The van der Waals surface area contributed by atoms with Gasteiger partial charge in [0.15, 0.2) is 6.10 Å². The predicted molar refractivity (Wildman–Crippen MR) is 94.3 cm³/mol. The van der Waals surface area contributed by atoms with E-state index >= 15 is 0 Å². The Hall–Kier alpha value is -3.47. The van der Waals surface area contributed by atoms with Crippen LogP contribution in [0.5, 0.6) is 0 Å². The van der Waals surface area contributed by atoms with E-state index in [-0.39, 0.29) is 23.2 Å². The summed E-state index contributed by atoms with van der Waals surface area (Å²) in [5.74, 6) is -2.09. The number of para-hydroxylation sites is 1. The van der Waals surface area contributed by atoms with Crippen molar-refractivity contribution in [2.24, 2.45) is 5.73 Å². The lowest BCUT2D eigenvalue weighted by Crippen LogP contribution is -2.47. The van der Waals surface area contributed by atoms with Crippen molar-refractivity contribution in [1.29, 1.82) is 0 Å². The summed E-state index contributed by atoms with van der Waals surface area (Å²) in [4.78, 5) is 34.3. The summed E-state index contributed by atoms with van der Waals surface area (Å²) in [5.41, 5.74) is 3.99. The van der Waals surface area contributed by atoms with Crippen molar-refractivity contribution in [2.45, 2.75) is 24.7 Å². The minimum atomic E-state index is -4.58. The summed E-state index contributed by atoms with van der Waals surface area (Å²) in [6.07, 6.45) is -6.75. The molecular weight excluding hydrogens is 395 g/mol. The normalized spacial score (nSPS) is 13.4. The molecule has 29 heavy (non-hydrogen) atoms. The minimum Gasteiger partial charge on any atom is -0.378 e. The van der Waals surface area contributed by atoms with E-state index in [0.29, 0.717) is 12.1 Å². The van der Waals surface area contributed by atoms with Gasteiger partial charge in [-0.3, -0.25) is 19.7 Å². The molecule has 2 atom stereocenters.